The van der Waals surface area contributed by atoms with Crippen molar-refractivity contribution < 1.29 is 19.1 Å². The Labute approximate surface area is 169 Å². The van der Waals surface area contributed by atoms with Crippen molar-refractivity contribution in [1.82, 2.24) is 5.32 Å². The third-order valence-corrected chi connectivity index (χ3v) is 5.38. The van der Waals surface area contributed by atoms with Gasteiger partial charge in [-0.05, 0) is 62.4 Å². The Morgan fingerprint density at radius 1 is 1.03 bits per heavy atom. The van der Waals surface area contributed by atoms with Gasteiger partial charge >= 0.3 is 12.0 Å². The van der Waals surface area contributed by atoms with Crippen LogP contribution in [0.3, 0.4) is 0 Å². The van der Waals surface area contributed by atoms with E-state index in [1.807, 2.05) is 54.6 Å². The van der Waals surface area contributed by atoms with Crippen molar-refractivity contribution in [3.8, 4) is 11.5 Å². The summed E-state index contributed by atoms with van der Waals surface area (Å²) in [6.45, 7) is 1.70. The van der Waals surface area contributed by atoms with E-state index < -0.39 is 18.0 Å². The molecule has 2 aliphatic rings. The van der Waals surface area contributed by atoms with Gasteiger partial charge in [0.05, 0.1) is 6.04 Å². The molecule has 0 radical (unpaired) electrons. The molecule has 2 atom stereocenters. The van der Waals surface area contributed by atoms with Crippen LogP contribution in [0.5, 0.6) is 11.5 Å². The minimum absolute atomic E-state index is 0.0404. The number of esters is 1. The highest BCUT2D eigenvalue weighted by atomic mass is 16.5. The number of ether oxygens (including phenoxy) is 2. The highest BCUT2D eigenvalue weighted by molar-refractivity contribution is 6.08. The summed E-state index contributed by atoms with van der Waals surface area (Å²) in [5.41, 5.74) is 1.24. The Balaban J connectivity index is 1.58. The minimum Gasteiger partial charge on any atom is -0.462 e. The van der Waals surface area contributed by atoms with Crippen LogP contribution in [0.1, 0.15) is 44.2 Å². The van der Waals surface area contributed by atoms with E-state index in [0.717, 1.165) is 31.2 Å². The first-order valence-electron chi connectivity index (χ1n) is 9.99. The smallest absolute Gasteiger partial charge is 0.341 e. The Morgan fingerprint density at radius 2 is 1.76 bits per heavy atom. The van der Waals surface area contributed by atoms with Gasteiger partial charge in [0, 0.05) is 5.71 Å². The van der Waals surface area contributed by atoms with Crippen molar-refractivity contribution in [3.05, 3.63) is 60.2 Å². The summed E-state index contributed by atoms with van der Waals surface area (Å²) in [4.78, 5) is 29.0. The number of carbonyl (C=O) groups excluding carboxylic acids is 2. The van der Waals surface area contributed by atoms with Crippen molar-refractivity contribution in [3.63, 3.8) is 0 Å². The average Bonchev–Trinajstić information content (AvgIpc) is 3.21. The van der Waals surface area contributed by atoms with E-state index in [4.69, 9.17) is 9.47 Å². The molecule has 150 valence electrons. The summed E-state index contributed by atoms with van der Waals surface area (Å²) in [7, 11) is 0. The maximum absolute atomic E-state index is 12.9. The number of urea groups is 1. The monoisotopic (exact) mass is 392 g/mol. The van der Waals surface area contributed by atoms with E-state index in [1.54, 1.807) is 6.92 Å². The number of amides is 2. The molecule has 0 bridgehead atoms. The van der Waals surface area contributed by atoms with Crippen LogP contribution < -0.4 is 10.1 Å². The number of nitrogens with zero attached hydrogens (tertiary/aromatic N) is 1. The molecule has 2 aromatic rings. The van der Waals surface area contributed by atoms with Crippen LogP contribution >= 0.6 is 0 Å². The van der Waals surface area contributed by atoms with Crippen LogP contribution in [0.2, 0.25) is 0 Å². The normalized spacial score (nSPS) is 22.0. The Kier molecular flexibility index (Phi) is 5.60. The maximum Gasteiger partial charge on any atom is 0.341 e. The second-order valence-corrected chi connectivity index (χ2v) is 7.49. The lowest BCUT2D eigenvalue weighted by atomic mass is 9.88. The summed E-state index contributed by atoms with van der Waals surface area (Å²) < 4.78 is 11.6. The topological polar surface area (TPSA) is 77.0 Å². The molecule has 6 heteroatoms. The zero-order valence-electron chi connectivity index (χ0n) is 16.3. The highest BCUT2D eigenvalue weighted by Gasteiger charge is 2.39. The molecule has 0 spiro atoms. The van der Waals surface area contributed by atoms with Gasteiger partial charge in [0.15, 0.2) is 0 Å². The fourth-order valence-corrected chi connectivity index (χ4v) is 3.94. The summed E-state index contributed by atoms with van der Waals surface area (Å²) in [5.74, 6) is 0.357. The number of nitrogens with one attached hydrogen (secondary N) is 1. The van der Waals surface area contributed by atoms with Gasteiger partial charge in [-0.1, -0.05) is 30.3 Å². The van der Waals surface area contributed by atoms with Crippen molar-refractivity contribution in [1.29, 1.82) is 0 Å². The minimum atomic E-state index is -0.653. The summed E-state index contributed by atoms with van der Waals surface area (Å²) in [6.07, 6.45) is 3.91. The summed E-state index contributed by atoms with van der Waals surface area (Å²) in [6, 6.07) is 15.9. The van der Waals surface area contributed by atoms with Crippen LogP contribution in [-0.4, -0.2) is 23.8 Å². The largest absolute Gasteiger partial charge is 0.462 e. The maximum atomic E-state index is 12.9. The molecule has 29 heavy (non-hydrogen) atoms. The molecule has 0 aromatic heterocycles. The van der Waals surface area contributed by atoms with Crippen molar-refractivity contribution in [2.45, 2.75) is 44.8 Å². The van der Waals surface area contributed by atoms with Crippen molar-refractivity contribution in [2.75, 3.05) is 0 Å². The number of hydrogen-bond donors (Lipinski definition) is 1. The molecule has 2 unspecified atom stereocenters. The number of hydrogen-bond acceptors (Lipinski definition) is 4. The predicted molar refractivity (Wildman–Crippen MR) is 109 cm³/mol. The molecule has 1 fully saturated rings. The Hall–Kier alpha value is -3.15. The third kappa shape index (κ3) is 4.47. The molecule has 2 aromatic carbocycles. The second kappa shape index (κ2) is 8.47. The number of aliphatic imine (C=N–C) groups is 1. The molecule has 0 saturated heterocycles. The van der Waals surface area contributed by atoms with Crippen LogP contribution in [0.25, 0.3) is 0 Å². The fraction of sp³-hybridized carbons (Fsp3) is 0.348. The van der Waals surface area contributed by atoms with Crippen molar-refractivity contribution >= 4 is 17.7 Å². The van der Waals surface area contributed by atoms with Gasteiger partial charge in [0.2, 0.25) is 0 Å². The van der Waals surface area contributed by atoms with Crippen LogP contribution in [0.15, 0.2) is 59.6 Å². The van der Waals surface area contributed by atoms with Gasteiger partial charge in [0.25, 0.3) is 0 Å². The van der Waals surface area contributed by atoms with Crippen molar-refractivity contribution in [2.24, 2.45) is 10.9 Å². The molecule has 4 rings (SSSR count). The molecule has 2 amide bonds. The first-order valence-corrected chi connectivity index (χ1v) is 9.99. The highest BCUT2D eigenvalue weighted by Crippen LogP contribution is 2.32. The van der Waals surface area contributed by atoms with Gasteiger partial charge in [-0.2, -0.15) is 0 Å². The van der Waals surface area contributed by atoms with Gasteiger partial charge in [-0.25, -0.2) is 9.79 Å². The first kappa shape index (κ1) is 19.2. The Bertz CT molecular complexity index is 919. The first-order chi connectivity index (χ1) is 14.1. The van der Waals surface area contributed by atoms with E-state index in [-0.39, 0.29) is 12.1 Å². The predicted octanol–water partition coefficient (Wildman–Crippen LogP) is 4.81. The van der Waals surface area contributed by atoms with E-state index in [2.05, 4.69) is 10.3 Å². The van der Waals surface area contributed by atoms with Gasteiger partial charge in [0.1, 0.15) is 23.5 Å². The molecule has 1 aliphatic heterocycles. The average molecular weight is 392 g/mol. The molecule has 1 aliphatic carbocycles. The summed E-state index contributed by atoms with van der Waals surface area (Å²) >= 11 is 0. The van der Waals surface area contributed by atoms with Gasteiger partial charge in [-0.3, -0.25) is 4.79 Å². The molecular formula is C23H24N2O4. The zero-order chi connectivity index (χ0) is 20.2. The molecular weight excluding hydrogens is 368 g/mol. The standard InChI is InChI=1S/C23H24N2O4/c1-15-20(22(26)29-18-11-5-6-12-18)21(25-23(27)24-15)16-8-7-13-19(14-16)28-17-9-3-2-4-10-17/h2-4,7-10,13-14,18,20-21H,5-6,11-12H2,1H3,(H,25,27). The molecule has 6 nitrogen and oxygen atoms in total. The number of carbonyl (C=O) groups is 2. The van der Waals surface area contributed by atoms with Crippen LogP contribution in [0.4, 0.5) is 4.79 Å². The molecule has 1 saturated carbocycles. The Morgan fingerprint density at radius 3 is 2.52 bits per heavy atom. The SMILES string of the molecule is CC1=NC(=O)NC(c2cccc(Oc3ccccc3)c2)C1C(=O)OC1CCCC1. The number of benzene rings is 2. The third-order valence-electron chi connectivity index (χ3n) is 5.38. The number of para-hydroxylation sites is 1. The van der Waals surface area contributed by atoms with Crippen LogP contribution in [0, 0.1) is 5.92 Å². The van der Waals surface area contributed by atoms with E-state index in [0.29, 0.717) is 17.2 Å². The van der Waals surface area contributed by atoms with E-state index >= 15 is 0 Å². The fourth-order valence-electron chi connectivity index (χ4n) is 3.94. The van der Waals surface area contributed by atoms with E-state index in [1.165, 1.54) is 0 Å². The van der Waals surface area contributed by atoms with Gasteiger partial charge < -0.3 is 14.8 Å². The van der Waals surface area contributed by atoms with Gasteiger partial charge in [-0.15, -0.1) is 0 Å². The van der Waals surface area contributed by atoms with Crippen LogP contribution in [-0.2, 0) is 9.53 Å². The second-order valence-electron chi connectivity index (χ2n) is 7.49. The zero-order valence-corrected chi connectivity index (χ0v) is 16.3. The van der Waals surface area contributed by atoms with E-state index in [9.17, 15) is 9.59 Å². The lowest BCUT2D eigenvalue weighted by Gasteiger charge is -2.30. The lowest BCUT2D eigenvalue weighted by Crippen LogP contribution is -2.44. The summed E-state index contributed by atoms with van der Waals surface area (Å²) in [5, 5.41) is 2.83. The molecule has 1 heterocycles. The number of rotatable bonds is 5. The lowest BCUT2D eigenvalue weighted by molar-refractivity contribution is -0.152. The quantitative estimate of drug-likeness (QED) is 0.741. The molecule has 1 N–H and O–H groups in total.